The van der Waals surface area contributed by atoms with Gasteiger partial charge in [-0.3, -0.25) is 9.59 Å². The van der Waals surface area contributed by atoms with Crippen LogP contribution in [0.25, 0.3) is 0 Å². The number of nitrogens with one attached hydrogen (secondary N) is 1. The Morgan fingerprint density at radius 1 is 1.13 bits per heavy atom. The minimum Gasteiger partial charge on any atom is -0.352 e. The first-order valence-electron chi connectivity index (χ1n) is 8.47. The molecule has 0 heterocycles. The van der Waals surface area contributed by atoms with E-state index in [-0.39, 0.29) is 42.1 Å². The van der Waals surface area contributed by atoms with Gasteiger partial charge in [0.25, 0.3) is 0 Å². The van der Waals surface area contributed by atoms with E-state index in [1.807, 2.05) is 0 Å². The van der Waals surface area contributed by atoms with Gasteiger partial charge in [-0.1, -0.05) is 12.1 Å². The highest BCUT2D eigenvalue weighted by Crippen LogP contribution is 2.49. The van der Waals surface area contributed by atoms with Crippen molar-refractivity contribution in [3.63, 3.8) is 0 Å². The maximum Gasteiger partial charge on any atom is 0.239 e. The zero-order valence-electron chi connectivity index (χ0n) is 13.0. The van der Waals surface area contributed by atoms with E-state index >= 15 is 0 Å². The lowest BCUT2D eigenvalue weighted by atomic mass is 10.1. The number of hydrogen-bond acceptors (Lipinski definition) is 2. The molecule has 5 heteroatoms. The van der Waals surface area contributed by atoms with Crippen molar-refractivity contribution >= 4 is 11.8 Å². The highest BCUT2D eigenvalue weighted by atomic mass is 19.1. The van der Waals surface area contributed by atoms with Gasteiger partial charge in [-0.2, -0.15) is 0 Å². The van der Waals surface area contributed by atoms with Crippen LogP contribution in [0.5, 0.6) is 0 Å². The lowest BCUT2D eigenvalue weighted by Crippen LogP contribution is -2.43. The van der Waals surface area contributed by atoms with Crippen molar-refractivity contribution in [3.05, 3.63) is 35.6 Å². The predicted molar refractivity (Wildman–Crippen MR) is 83.1 cm³/mol. The summed E-state index contributed by atoms with van der Waals surface area (Å²) >= 11 is 0. The van der Waals surface area contributed by atoms with Gasteiger partial charge in [0.2, 0.25) is 11.8 Å². The number of hydrogen-bond donors (Lipinski definition) is 1. The van der Waals surface area contributed by atoms with Crippen LogP contribution in [0, 0.1) is 11.7 Å². The molecular formula is C18H21FN2O2. The molecule has 122 valence electrons. The van der Waals surface area contributed by atoms with Gasteiger partial charge in [0.15, 0.2) is 0 Å². The summed E-state index contributed by atoms with van der Waals surface area (Å²) < 4.78 is 13.0. The molecule has 0 radical (unpaired) electrons. The summed E-state index contributed by atoms with van der Waals surface area (Å²) in [6.45, 7) is 0.187. The Balaban J connectivity index is 1.38. The molecule has 3 aliphatic rings. The number of benzene rings is 1. The van der Waals surface area contributed by atoms with E-state index < -0.39 is 0 Å². The van der Waals surface area contributed by atoms with Gasteiger partial charge in [-0.25, -0.2) is 4.39 Å². The second kappa shape index (κ2) is 5.62. The average Bonchev–Trinajstić information content (AvgIpc) is 3.34. The summed E-state index contributed by atoms with van der Waals surface area (Å²) in [5, 5.41) is 2.96. The summed E-state index contributed by atoms with van der Waals surface area (Å²) in [6, 6.07) is 6.96. The first kappa shape index (κ1) is 14.7. The maximum absolute atomic E-state index is 13.0. The van der Waals surface area contributed by atoms with E-state index in [0.29, 0.717) is 6.04 Å². The van der Waals surface area contributed by atoms with Gasteiger partial charge < -0.3 is 10.2 Å². The fourth-order valence-corrected chi connectivity index (χ4v) is 3.19. The van der Waals surface area contributed by atoms with Gasteiger partial charge in [0, 0.05) is 18.0 Å². The Hall–Kier alpha value is -1.91. The van der Waals surface area contributed by atoms with Crippen LogP contribution in [0.15, 0.2) is 24.3 Å². The fourth-order valence-electron chi connectivity index (χ4n) is 3.19. The molecule has 0 unspecified atom stereocenters. The van der Waals surface area contributed by atoms with Gasteiger partial charge in [0.05, 0.1) is 6.54 Å². The predicted octanol–water partition coefficient (Wildman–Crippen LogP) is 2.20. The number of carbonyl (C=O) groups is 2. The third-order valence-electron chi connectivity index (χ3n) is 4.93. The largest absolute Gasteiger partial charge is 0.352 e. The van der Waals surface area contributed by atoms with Gasteiger partial charge in [0.1, 0.15) is 5.82 Å². The molecule has 1 N–H and O–H groups in total. The van der Waals surface area contributed by atoms with Crippen molar-refractivity contribution in [1.82, 2.24) is 10.2 Å². The topological polar surface area (TPSA) is 49.4 Å². The van der Waals surface area contributed by atoms with Gasteiger partial charge >= 0.3 is 0 Å². The zero-order valence-corrected chi connectivity index (χ0v) is 13.0. The van der Waals surface area contributed by atoms with Crippen molar-refractivity contribution in [2.75, 3.05) is 6.54 Å². The lowest BCUT2D eigenvalue weighted by molar-refractivity contribution is -0.137. The highest BCUT2D eigenvalue weighted by molar-refractivity contribution is 5.88. The summed E-state index contributed by atoms with van der Waals surface area (Å²) in [6.07, 6.45) is 4.90. The molecule has 2 atom stereocenters. The molecule has 0 aliphatic heterocycles. The third kappa shape index (κ3) is 3.38. The molecule has 0 spiro atoms. The van der Waals surface area contributed by atoms with Crippen LogP contribution < -0.4 is 5.32 Å². The first-order valence-corrected chi connectivity index (χ1v) is 8.47. The molecule has 3 fully saturated rings. The lowest BCUT2D eigenvalue weighted by Gasteiger charge is -2.22. The molecule has 2 amide bonds. The van der Waals surface area contributed by atoms with E-state index in [1.54, 1.807) is 17.0 Å². The fraction of sp³-hybridized carbons (Fsp3) is 0.556. The Kier molecular flexibility index (Phi) is 3.58. The summed E-state index contributed by atoms with van der Waals surface area (Å²) in [4.78, 5) is 26.5. The molecule has 0 saturated heterocycles. The SMILES string of the molecule is O=C(CN(C(=O)[C@H]1C[C@@H]1c1ccc(F)cc1)C1CC1)NC1CC1. The quantitative estimate of drug-likeness (QED) is 0.875. The van der Waals surface area contributed by atoms with Crippen molar-refractivity contribution in [3.8, 4) is 0 Å². The molecule has 23 heavy (non-hydrogen) atoms. The van der Waals surface area contributed by atoms with Crippen LogP contribution in [0.3, 0.4) is 0 Å². The van der Waals surface area contributed by atoms with Crippen LogP contribution in [0.4, 0.5) is 4.39 Å². The van der Waals surface area contributed by atoms with E-state index in [2.05, 4.69) is 5.32 Å². The van der Waals surface area contributed by atoms with Crippen molar-refractivity contribution in [2.45, 2.75) is 50.1 Å². The zero-order chi connectivity index (χ0) is 16.0. The molecule has 3 saturated carbocycles. The Labute approximate surface area is 135 Å². The maximum atomic E-state index is 13.0. The van der Waals surface area contributed by atoms with Crippen LogP contribution >= 0.6 is 0 Å². The number of amides is 2. The standard InChI is InChI=1S/C18H21FN2O2/c19-12-3-1-11(2-4-12)15-9-16(15)18(23)21(14-7-8-14)10-17(22)20-13-5-6-13/h1-4,13-16H,5-10H2,(H,20,22)/t15-,16+/m1/s1. The Morgan fingerprint density at radius 3 is 2.43 bits per heavy atom. The van der Waals surface area contributed by atoms with E-state index in [1.165, 1.54) is 12.1 Å². The van der Waals surface area contributed by atoms with E-state index in [9.17, 15) is 14.0 Å². The normalized spacial score (nSPS) is 25.8. The molecule has 3 aliphatic carbocycles. The number of halogens is 1. The number of carbonyl (C=O) groups excluding carboxylic acids is 2. The third-order valence-corrected chi connectivity index (χ3v) is 4.93. The van der Waals surface area contributed by atoms with Crippen molar-refractivity contribution in [1.29, 1.82) is 0 Å². The van der Waals surface area contributed by atoms with Crippen LogP contribution in [0.1, 0.15) is 43.6 Å². The minimum absolute atomic E-state index is 0.0354. The molecule has 0 bridgehead atoms. The number of rotatable bonds is 6. The highest BCUT2D eigenvalue weighted by Gasteiger charge is 2.48. The van der Waals surface area contributed by atoms with Crippen molar-refractivity contribution in [2.24, 2.45) is 5.92 Å². The van der Waals surface area contributed by atoms with Gasteiger partial charge in [-0.15, -0.1) is 0 Å². The Morgan fingerprint density at radius 2 is 1.83 bits per heavy atom. The average molecular weight is 316 g/mol. The van der Waals surface area contributed by atoms with Crippen molar-refractivity contribution < 1.29 is 14.0 Å². The molecular weight excluding hydrogens is 295 g/mol. The first-order chi connectivity index (χ1) is 11.1. The molecule has 1 aromatic rings. The Bertz CT molecular complexity index is 622. The van der Waals surface area contributed by atoms with Crippen LogP contribution in [-0.2, 0) is 9.59 Å². The monoisotopic (exact) mass is 316 g/mol. The molecule has 4 rings (SSSR count). The second-order valence-corrected chi connectivity index (χ2v) is 7.04. The smallest absolute Gasteiger partial charge is 0.239 e. The second-order valence-electron chi connectivity index (χ2n) is 7.04. The van der Waals surface area contributed by atoms with E-state index in [4.69, 9.17) is 0 Å². The molecule has 1 aromatic carbocycles. The summed E-state index contributed by atoms with van der Waals surface area (Å²) in [5.41, 5.74) is 1.02. The van der Waals surface area contributed by atoms with Crippen LogP contribution in [0.2, 0.25) is 0 Å². The minimum atomic E-state index is -0.256. The van der Waals surface area contributed by atoms with Gasteiger partial charge in [-0.05, 0) is 55.7 Å². The summed E-state index contributed by atoms with van der Waals surface area (Å²) in [5.74, 6) is -0.0706. The molecule has 4 nitrogen and oxygen atoms in total. The van der Waals surface area contributed by atoms with Crippen LogP contribution in [-0.4, -0.2) is 35.3 Å². The molecule has 0 aromatic heterocycles. The van der Waals surface area contributed by atoms with E-state index in [0.717, 1.165) is 37.7 Å². The number of nitrogens with zero attached hydrogens (tertiary/aromatic N) is 1. The summed E-state index contributed by atoms with van der Waals surface area (Å²) in [7, 11) is 0.